The zero-order chi connectivity index (χ0) is 23.0. The Balaban J connectivity index is 1.50. The van der Waals surface area contributed by atoms with Gasteiger partial charge in [-0.1, -0.05) is 31.9 Å². The number of rotatable bonds is 9. The van der Waals surface area contributed by atoms with E-state index in [1.807, 2.05) is 24.3 Å². The van der Waals surface area contributed by atoms with Gasteiger partial charge in [-0.15, -0.1) is 0 Å². The molecule has 0 atom stereocenters. The molecule has 0 N–H and O–H groups in total. The quantitative estimate of drug-likeness (QED) is 0.420. The maximum atomic E-state index is 13.1. The molecule has 0 unspecified atom stereocenters. The van der Waals surface area contributed by atoms with Crippen molar-refractivity contribution in [3.63, 3.8) is 0 Å². The van der Waals surface area contributed by atoms with Crippen LogP contribution in [0.1, 0.15) is 31.7 Å². The number of carbonyl (C=O) groups is 1. The van der Waals surface area contributed by atoms with Crippen LogP contribution in [-0.2, 0) is 14.8 Å². The highest BCUT2D eigenvalue weighted by Crippen LogP contribution is 2.19. The van der Waals surface area contributed by atoms with Crippen molar-refractivity contribution in [1.82, 2.24) is 9.21 Å². The first kappa shape index (κ1) is 23.9. The van der Waals surface area contributed by atoms with Gasteiger partial charge in [-0.05, 0) is 54.5 Å². The van der Waals surface area contributed by atoms with Gasteiger partial charge < -0.3 is 9.64 Å². The molecule has 2 aromatic carbocycles. The van der Waals surface area contributed by atoms with Gasteiger partial charge in [-0.3, -0.25) is 4.79 Å². The molecule has 1 saturated heterocycles. The highest BCUT2D eigenvalue weighted by atomic mass is 32.2. The summed E-state index contributed by atoms with van der Waals surface area (Å²) in [5.41, 5.74) is 0.886. The standard InChI is InChI=1S/C24H29FN2O4S/c1-2-3-4-19-31-22-10-5-20(6-11-22)7-14-24(28)26-15-17-27(18-16-26)32(29,30)23-12-8-21(25)9-13-23/h5-14H,2-4,15-19H2,1H3/b14-7+. The Morgan fingerprint density at radius 3 is 2.28 bits per heavy atom. The molecule has 1 fully saturated rings. The van der Waals surface area contributed by atoms with Crippen LogP contribution in [0.4, 0.5) is 4.39 Å². The predicted octanol–water partition coefficient (Wildman–Crippen LogP) is 3.94. The van der Waals surface area contributed by atoms with E-state index in [0.717, 1.165) is 42.7 Å². The molecule has 1 aliphatic rings. The number of ether oxygens (including phenoxy) is 1. The van der Waals surface area contributed by atoms with Crippen molar-refractivity contribution in [2.24, 2.45) is 0 Å². The average molecular weight is 461 g/mol. The summed E-state index contributed by atoms with van der Waals surface area (Å²) in [5, 5.41) is 0. The number of sulfonamides is 1. The van der Waals surface area contributed by atoms with Crippen LogP contribution in [-0.4, -0.2) is 56.3 Å². The molecule has 1 aliphatic heterocycles. The molecule has 8 heteroatoms. The van der Waals surface area contributed by atoms with Gasteiger partial charge in [-0.2, -0.15) is 4.31 Å². The van der Waals surface area contributed by atoms with E-state index in [1.54, 1.807) is 11.0 Å². The minimum atomic E-state index is -3.70. The third kappa shape index (κ3) is 6.40. The fourth-order valence-electron chi connectivity index (χ4n) is 3.39. The molecular formula is C24H29FN2O4S. The second kappa shape index (κ2) is 11.2. The van der Waals surface area contributed by atoms with Crippen LogP contribution < -0.4 is 4.74 Å². The van der Waals surface area contributed by atoms with E-state index in [1.165, 1.54) is 22.5 Å². The van der Waals surface area contributed by atoms with Gasteiger partial charge in [0, 0.05) is 32.3 Å². The van der Waals surface area contributed by atoms with E-state index >= 15 is 0 Å². The van der Waals surface area contributed by atoms with E-state index in [9.17, 15) is 17.6 Å². The predicted molar refractivity (Wildman–Crippen MR) is 122 cm³/mol. The highest BCUT2D eigenvalue weighted by Gasteiger charge is 2.29. The van der Waals surface area contributed by atoms with Gasteiger partial charge >= 0.3 is 0 Å². The van der Waals surface area contributed by atoms with Crippen LogP contribution in [0.2, 0.25) is 0 Å². The lowest BCUT2D eigenvalue weighted by atomic mass is 10.2. The van der Waals surface area contributed by atoms with E-state index in [4.69, 9.17) is 4.74 Å². The molecule has 0 radical (unpaired) electrons. The molecule has 32 heavy (non-hydrogen) atoms. The SMILES string of the molecule is CCCCCOc1ccc(/C=C/C(=O)N2CCN(S(=O)(=O)c3ccc(F)cc3)CC2)cc1. The van der Waals surface area contributed by atoms with E-state index < -0.39 is 15.8 Å². The molecule has 0 spiro atoms. The molecule has 1 heterocycles. The molecule has 3 rings (SSSR count). The van der Waals surface area contributed by atoms with Crippen LogP contribution in [0.3, 0.4) is 0 Å². The van der Waals surface area contributed by atoms with Crippen molar-refractivity contribution in [3.8, 4) is 5.75 Å². The van der Waals surface area contributed by atoms with E-state index in [0.29, 0.717) is 19.7 Å². The van der Waals surface area contributed by atoms with Crippen molar-refractivity contribution in [1.29, 1.82) is 0 Å². The summed E-state index contributed by atoms with van der Waals surface area (Å²) in [6.45, 7) is 3.84. The Labute approximate surface area is 189 Å². The van der Waals surface area contributed by atoms with Crippen LogP contribution in [0, 0.1) is 5.82 Å². The van der Waals surface area contributed by atoms with Gasteiger partial charge in [-0.25, -0.2) is 12.8 Å². The molecule has 0 bridgehead atoms. The summed E-state index contributed by atoms with van der Waals surface area (Å²) in [5.74, 6) is 0.159. The Kier molecular flexibility index (Phi) is 8.41. The fraction of sp³-hybridized carbons (Fsp3) is 0.375. The normalized spacial score (nSPS) is 15.2. The number of hydrogen-bond acceptors (Lipinski definition) is 4. The summed E-state index contributed by atoms with van der Waals surface area (Å²) in [7, 11) is -3.70. The number of unbranched alkanes of at least 4 members (excludes halogenated alkanes) is 2. The number of halogens is 1. The van der Waals surface area contributed by atoms with Crippen LogP contribution in [0.25, 0.3) is 6.08 Å². The fourth-order valence-corrected chi connectivity index (χ4v) is 4.82. The van der Waals surface area contributed by atoms with Crippen molar-refractivity contribution >= 4 is 22.0 Å². The number of benzene rings is 2. The summed E-state index contributed by atoms with van der Waals surface area (Å²) in [6.07, 6.45) is 6.58. The molecule has 0 aliphatic carbocycles. The summed E-state index contributed by atoms with van der Waals surface area (Å²) >= 11 is 0. The maximum absolute atomic E-state index is 13.1. The van der Waals surface area contributed by atoms with E-state index in [2.05, 4.69) is 6.92 Å². The first-order valence-electron chi connectivity index (χ1n) is 10.9. The van der Waals surface area contributed by atoms with Gasteiger partial charge in [0.15, 0.2) is 0 Å². The van der Waals surface area contributed by atoms with Gasteiger partial charge in [0.1, 0.15) is 11.6 Å². The second-order valence-electron chi connectivity index (χ2n) is 7.64. The van der Waals surface area contributed by atoms with Crippen molar-refractivity contribution in [2.45, 2.75) is 31.1 Å². The number of piperazine rings is 1. The van der Waals surface area contributed by atoms with E-state index in [-0.39, 0.29) is 23.9 Å². The number of amides is 1. The third-order valence-electron chi connectivity index (χ3n) is 5.32. The topological polar surface area (TPSA) is 66.9 Å². The average Bonchev–Trinajstić information content (AvgIpc) is 2.81. The summed E-state index contributed by atoms with van der Waals surface area (Å²) in [6, 6.07) is 12.3. The molecule has 6 nitrogen and oxygen atoms in total. The number of hydrogen-bond donors (Lipinski definition) is 0. The largest absolute Gasteiger partial charge is 0.494 e. The molecule has 0 saturated carbocycles. The molecule has 2 aromatic rings. The van der Waals surface area contributed by atoms with Crippen molar-refractivity contribution in [2.75, 3.05) is 32.8 Å². The van der Waals surface area contributed by atoms with Crippen LogP contribution in [0.5, 0.6) is 5.75 Å². The zero-order valence-corrected chi connectivity index (χ0v) is 19.1. The smallest absolute Gasteiger partial charge is 0.246 e. The summed E-state index contributed by atoms with van der Waals surface area (Å²) < 4.78 is 45.5. The third-order valence-corrected chi connectivity index (χ3v) is 7.23. The van der Waals surface area contributed by atoms with Crippen molar-refractivity contribution in [3.05, 3.63) is 66.0 Å². The molecule has 0 aromatic heterocycles. The monoisotopic (exact) mass is 460 g/mol. The minimum absolute atomic E-state index is 0.0522. The van der Waals surface area contributed by atoms with Crippen molar-refractivity contribution < 1.29 is 22.3 Å². The molecular weight excluding hydrogens is 431 g/mol. The number of carbonyl (C=O) groups excluding carboxylic acids is 1. The first-order chi connectivity index (χ1) is 15.4. The van der Waals surface area contributed by atoms with Gasteiger partial charge in [0.25, 0.3) is 0 Å². The van der Waals surface area contributed by atoms with Gasteiger partial charge in [0.2, 0.25) is 15.9 Å². The summed E-state index contributed by atoms with van der Waals surface area (Å²) in [4.78, 5) is 14.2. The van der Waals surface area contributed by atoms with Crippen LogP contribution >= 0.6 is 0 Å². The Morgan fingerprint density at radius 1 is 1.00 bits per heavy atom. The number of nitrogens with zero attached hydrogens (tertiary/aromatic N) is 2. The minimum Gasteiger partial charge on any atom is -0.494 e. The lowest BCUT2D eigenvalue weighted by Crippen LogP contribution is -2.50. The Hall–Kier alpha value is -2.71. The van der Waals surface area contributed by atoms with Crippen LogP contribution in [0.15, 0.2) is 59.5 Å². The van der Waals surface area contributed by atoms with Gasteiger partial charge in [0.05, 0.1) is 11.5 Å². The first-order valence-corrected chi connectivity index (χ1v) is 12.3. The lowest BCUT2D eigenvalue weighted by molar-refractivity contribution is -0.127. The molecule has 172 valence electrons. The Morgan fingerprint density at radius 2 is 1.66 bits per heavy atom. The zero-order valence-electron chi connectivity index (χ0n) is 18.2. The Bertz CT molecular complexity index is 1010. The molecule has 1 amide bonds. The highest BCUT2D eigenvalue weighted by molar-refractivity contribution is 7.89. The lowest BCUT2D eigenvalue weighted by Gasteiger charge is -2.33. The second-order valence-corrected chi connectivity index (χ2v) is 9.58. The maximum Gasteiger partial charge on any atom is 0.246 e.